The first kappa shape index (κ1) is 23.5. The van der Waals surface area contributed by atoms with E-state index < -0.39 is 21.7 Å². The molecule has 0 radical (unpaired) electrons. The number of rotatable bonds is 8. The van der Waals surface area contributed by atoms with E-state index in [1.54, 1.807) is 44.4 Å². The molecule has 168 valence electrons. The van der Waals surface area contributed by atoms with Gasteiger partial charge in [-0.2, -0.15) is 0 Å². The highest BCUT2D eigenvalue weighted by Gasteiger charge is 2.20. The third kappa shape index (κ3) is 5.95. The van der Waals surface area contributed by atoms with Gasteiger partial charge in [-0.1, -0.05) is 12.1 Å². The molecule has 0 bridgehead atoms. The summed E-state index contributed by atoms with van der Waals surface area (Å²) >= 11 is 1.22. The van der Waals surface area contributed by atoms with Crippen LogP contribution in [-0.4, -0.2) is 40.3 Å². The normalized spacial score (nSPS) is 11.1. The van der Waals surface area contributed by atoms with Crippen molar-refractivity contribution in [2.45, 2.75) is 12.7 Å². The molecule has 0 unspecified atom stereocenters. The van der Waals surface area contributed by atoms with Gasteiger partial charge in [0.25, 0.3) is 5.91 Å². The van der Waals surface area contributed by atoms with E-state index in [1.807, 2.05) is 24.3 Å². The van der Waals surface area contributed by atoms with Gasteiger partial charge in [0.2, 0.25) is 0 Å². The first-order valence-electron chi connectivity index (χ1n) is 9.73. The molecule has 0 aliphatic heterocycles. The van der Waals surface area contributed by atoms with Gasteiger partial charge in [-0.05, 0) is 60.5 Å². The van der Waals surface area contributed by atoms with Crippen molar-refractivity contribution < 1.29 is 27.5 Å². The molecule has 0 saturated heterocycles. The highest BCUT2D eigenvalue weighted by atomic mass is 32.2. The molecule has 7 nitrogen and oxygen atoms in total. The minimum Gasteiger partial charge on any atom is -0.497 e. The van der Waals surface area contributed by atoms with Gasteiger partial charge in [0, 0.05) is 16.7 Å². The lowest BCUT2D eigenvalue weighted by Crippen LogP contribution is -2.14. The number of carbonyl (C=O) groups excluding carboxylic acids is 2. The predicted molar refractivity (Wildman–Crippen MR) is 125 cm³/mol. The van der Waals surface area contributed by atoms with E-state index in [0.717, 1.165) is 16.7 Å². The number of hydrogen-bond acceptors (Lipinski definition) is 7. The fraction of sp³-hybridized carbons (Fsp3) is 0.217. The Bertz CT molecular complexity index is 1210. The maximum atomic E-state index is 12.8. The summed E-state index contributed by atoms with van der Waals surface area (Å²) in [7, 11) is -1.58. The van der Waals surface area contributed by atoms with Crippen molar-refractivity contribution in [2.24, 2.45) is 0 Å². The number of ether oxygens (including phenoxy) is 2. The van der Waals surface area contributed by atoms with Crippen LogP contribution in [0, 0.1) is 0 Å². The van der Waals surface area contributed by atoms with E-state index in [9.17, 15) is 18.0 Å². The van der Waals surface area contributed by atoms with E-state index in [4.69, 9.17) is 9.47 Å². The van der Waals surface area contributed by atoms with E-state index in [2.05, 4.69) is 5.32 Å². The number of nitrogens with one attached hydrogen (secondary N) is 1. The average Bonchev–Trinajstić information content (AvgIpc) is 3.17. The summed E-state index contributed by atoms with van der Waals surface area (Å²) in [6.45, 7) is 1.93. The highest BCUT2D eigenvalue weighted by Crippen LogP contribution is 2.36. The van der Waals surface area contributed by atoms with E-state index in [0.29, 0.717) is 27.4 Å². The number of methoxy groups -OCH3 is 1. The predicted octanol–water partition coefficient (Wildman–Crippen LogP) is 4.40. The van der Waals surface area contributed by atoms with Crippen molar-refractivity contribution in [3.8, 4) is 16.2 Å². The topological polar surface area (TPSA) is 98.8 Å². The molecule has 0 aliphatic rings. The summed E-state index contributed by atoms with van der Waals surface area (Å²) in [6, 6.07) is 15.4. The molecular formula is C23H23NO6S2. The first-order valence-corrected chi connectivity index (χ1v) is 12.6. The second-order valence-electron chi connectivity index (χ2n) is 7.02. The molecule has 0 fully saturated rings. The SMILES string of the molecule is CCOC(=O)c1sc(-c2ccc(OC)cc2)cc1NC(=O)c1ccc(CS(C)(=O)=O)cc1. The minimum absolute atomic E-state index is 0.0995. The molecular weight excluding hydrogens is 450 g/mol. The van der Waals surface area contributed by atoms with Crippen molar-refractivity contribution in [1.82, 2.24) is 0 Å². The molecule has 1 heterocycles. The van der Waals surface area contributed by atoms with Gasteiger partial charge in [-0.15, -0.1) is 11.3 Å². The summed E-state index contributed by atoms with van der Waals surface area (Å²) in [4.78, 5) is 26.3. The zero-order valence-corrected chi connectivity index (χ0v) is 19.5. The van der Waals surface area contributed by atoms with Gasteiger partial charge in [0.1, 0.15) is 10.6 Å². The number of esters is 1. The zero-order chi connectivity index (χ0) is 23.3. The molecule has 3 rings (SSSR count). The summed E-state index contributed by atoms with van der Waals surface area (Å²) in [5.41, 5.74) is 2.15. The van der Waals surface area contributed by atoms with E-state index in [1.165, 1.54) is 11.3 Å². The zero-order valence-electron chi connectivity index (χ0n) is 17.9. The minimum atomic E-state index is -3.17. The Hall–Kier alpha value is -3.17. The summed E-state index contributed by atoms with van der Waals surface area (Å²) in [5, 5.41) is 2.77. The van der Waals surface area contributed by atoms with Crippen molar-refractivity contribution in [1.29, 1.82) is 0 Å². The Labute approximate surface area is 190 Å². The third-order valence-electron chi connectivity index (χ3n) is 4.46. The van der Waals surface area contributed by atoms with Gasteiger partial charge in [-0.3, -0.25) is 4.79 Å². The van der Waals surface area contributed by atoms with Crippen LogP contribution in [0.15, 0.2) is 54.6 Å². The summed E-state index contributed by atoms with van der Waals surface area (Å²) < 4.78 is 33.2. The lowest BCUT2D eigenvalue weighted by Gasteiger charge is -2.07. The lowest BCUT2D eigenvalue weighted by atomic mass is 10.1. The van der Waals surface area contributed by atoms with E-state index in [-0.39, 0.29) is 12.4 Å². The van der Waals surface area contributed by atoms with Crippen LogP contribution in [0.2, 0.25) is 0 Å². The van der Waals surface area contributed by atoms with Gasteiger partial charge >= 0.3 is 5.97 Å². The van der Waals surface area contributed by atoms with Crippen LogP contribution in [0.1, 0.15) is 32.5 Å². The molecule has 32 heavy (non-hydrogen) atoms. The quantitative estimate of drug-likeness (QED) is 0.487. The summed E-state index contributed by atoms with van der Waals surface area (Å²) in [5.74, 6) is -0.321. The number of sulfone groups is 1. The Morgan fingerprint density at radius 1 is 1.03 bits per heavy atom. The van der Waals surface area contributed by atoms with Crippen molar-refractivity contribution >= 4 is 38.7 Å². The number of carbonyl (C=O) groups is 2. The Morgan fingerprint density at radius 2 is 1.69 bits per heavy atom. The average molecular weight is 474 g/mol. The fourth-order valence-corrected chi connectivity index (χ4v) is 4.79. The van der Waals surface area contributed by atoms with Crippen molar-refractivity contribution in [3.63, 3.8) is 0 Å². The van der Waals surface area contributed by atoms with Gasteiger partial charge < -0.3 is 14.8 Å². The maximum absolute atomic E-state index is 12.8. The van der Waals surface area contributed by atoms with Crippen LogP contribution in [0.3, 0.4) is 0 Å². The first-order chi connectivity index (χ1) is 15.2. The second kappa shape index (κ2) is 9.97. The Kier molecular flexibility index (Phi) is 7.32. The molecule has 3 aromatic rings. The van der Waals surface area contributed by atoms with Crippen molar-refractivity contribution in [3.05, 3.63) is 70.6 Å². The highest BCUT2D eigenvalue weighted by molar-refractivity contribution is 7.89. The standard InChI is InChI=1S/C23H23NO6S2/c1-4-30-23(26)21-19(13-20(31-21)16-9-11-18(29-2)12-10-16)24-22(25)17-7-5-15(6-8-17)14-32(3,27)28/h5-13H,4,14H2,1-3H3,(H,24,25). The van der Waals surface area contributed by atoms with Gasteiger partial charge in [0.05, 0.1) is 25.2 Å². The van der Waals surface area contributed by atoms with Crippen LogP contribution in [0.4, 0.5) is 5.69 Å². The molecule has 2 aromatic carbocycles. The lowest BCUT2D eigenvalue weighted by molar-refractivity contribution is 0.0533. The molecule has 1 amide bonds. The second-order valence-corrected chi connectivity index (χ2v) is 10.2. The maximum Gasteiger partial charge on any atom is 0.350 e. The molecule has 9 heteroatoms. The third-order valence-corrected chi connectivity index (χ3v) is 6.48. The number of anilines is 1. The number of thiophene rings is 1. The number of hydrogen-bond donors (Lipinski definition) is 1. The Morgan fingerprint density at radius 3 is 2.25 bits per heavy atom. The molecule has 1 aromatic heterocycles. The molecule has 1 N–H and O–H groups in total. The van der Waals surface area contributed by atoms with Crippen molar-refractivity contribution in [2.75, 3.05) is 25.3 Å². The molecule has 0 saturated carbocycles. The molecule has 0 spiro atoms. The number of benzene rings is 2. The molecule has 0 atom stereocenters. The van der Waals surface area contributed by atoms with Gasteiger partial charge in [0.15, 0.2) is 9.84 Å². The number of amides is 1. The largest absolute Gasteiger partial charge is 0.497 e. The Balaban J connectivity index is 1.87. The van der Waals surface area contributed by atoms with Crippen LogP contribution >= 0.6 is 11.3 Å². The fourth-order valence-electron chi connectivity index (χ4n) is 2.98. The van der Waals surface area contributed by atoms with Gasteiger partial charge in [-0.25, -0.2) is 13.2 Å². The van der Waals surface area contributed by atoms with E-state index >= 15 is 0 Å². The van der Waals surface area contributed by atoms with Crippen LogP contribution < -0.4 is 10.1 Å². The smallest absolute Gasteiger partial charge is 0.350 e. The summed E-state index contributed by atoms with van der Waals surface area (Å²) in [6.07, 6.45) is 1.15. The van der Waals surface area contributed by atoms with Crippen LogP contribution in [0.25, 0.3) is 10.4 Å². The monoisotopic (exact) mass is 473 g/mol. The molecule has 0 aliphatic carbocycles. The van der Waals surface area contributed by atoms with Crippen LogP contribution in [0.5, 0.6) is 5.75 Å². The van der Waals surface area contributed by atoms with Crippen LogP contribution in [-0.2, 0) is 20.3 Å².